The van der Waals surface area contributed by atoms with Crippen molar-refractivity contribution in [3.05, 3.63) is 36.1 Å². The van der Waals surface area contributed by atoms with Gasteiger partial charge in [0.15, 0.2) is 0 Å². The van der Waals surface area contributed by atoms with Crippen LogP contribution in [0.1, 0.15) is 5.76 Å². The number of aliphatic carboxylic acids is 1. The number of hydrogen-bond acceptors (Lipinski definition) is 3. The fourth-order valence-electron chi connectivity index (χ4n) is 1.44. The SMILES string of the molecule is N[C@@H](Cc1cc2ccccc2o1)C(=O)O. The summed E-state index contributed by atoms with van der Waals surface area (Å²) < 4.78 is 5.45. The average molecular weight is 205 g/mol. The summed E-state index contributed by atoms with van der Waals surface area (Å²) in [7, 11) is 0. The lowest BCUT2D eigenvalue weighted by Gasteiger charge is -2.01. The topological polar surface area (TPSA) is 76.5 Å². The second-order valence-corrected chi connectivity index (χ2v) is 3.40. The molecule has 0 saturated carbocycles. The van der Waals surface area contributed by atoms with Crippen LogP contribution >= 0.6 is 0 Å². The van der Waals surface area contributed by atoms with Crippen molar-refractivity contribution in [3.8, 4) is 0 Å². The standard InChI is InChI=1S/C11H11NO3/c12-9(11(13)14)6-8-5-7-3-1-2-4-10(7)15-8/h1-5,9H,6,12H2,(H,13,14)/t9-/m0/s1. The highest BCUT2D eigenvalue weighted by Gasteiger charge is 2.14. The first-order valence-corrected chi connectivity index (χ1v) is 4.62. The smallest absolute Gasteiger partial charge is 0.320 e. The molecule has 0 bridgehead atoms. The maximum Gasteiger partial charge on any atom is 0.320 e. The second-order valence-electron chi connectivity index (χ2n) is 3.40. The minimum atomic E-state index is -1.02. The summed E-state index contributed by atoms with van der Waals surface area (Å²) in [5.74, 6) is -0.415. The maximum absolute atomic E-state index is 10.6. The van der Waals surface area contributed by atoms with E-state index in [2.05, 4.69) is 0 Å². The zero-order valence-corrected chi connectivity index (χ0v) is 8.01. The molecule has 4 nitrogen and oxygen atoms in total. The van der Waals surface area contributed by atoms with Crippen LogP contribution in [-0.4, -0.2) is 17.1 Å². The number of benzene rings is 1. The Hall–Kier alpha value is -1.81. The largest absolute Gasteiger partial charge is 0.480 e. The van der Waals surface area contributed by atoms with E-state index < -0.39 is 12.0 Å². The van der Waals surface area contributed by atoms with Gasteiger partial charge >= 0.3 is 5.97 Å². The molecule has 4 heteroatoms. The molecule has 0 aliphatic carbocycles. The second kappa shape index (κ2) is 3.74. The number of furan rings is 1. The lowest BCUT2D eigenvalue weighted by atomic mass is 10.2. The number of rotatable bonds is 3. The first-order valence-electron chi connectivity index (χ1n) is 4.62. The predicted octanol–water partition coefficient (Wildman–Crippen LogP) is 1.39. The molecular formula is C11H11NO3. The van der Waals surface area contributed by atoms with Crippen molar-refractivity contribution in [1.82, 2.24) is 0 Å². The molecule has 2 aromatic rings. The third-order valence-electron chi connectivity index (χ3n) is 2.21. The molecule has 1 aromatic heterocycles. The van der Waals surface area contributed by atoms with Crippen LogP contribution in [0.5, 0.6) is 0 Å². The number of nitrogens with two attached hydrogens (primary N) is 1. The van der Waals surface area contributed by atoms with Crippen LogP contribution in [0, 0.1) is 0 Å². The Bertz CT molecular complexity index is 456. The number of fused-ring (bicyclic) bond motifs is 1. The number of carboxylic acids is 1. The van der Waals surface area contributed by atoms with Crippen LogP contribution in [0.15, 0.2) is 34.7 Å². The van der Waals surface area contributed by atoms with Crippen molar-refractivity contribution in [2.45, 2.75) is 12.5 Å². The number of carbonyl (C=O) groups is 1. The maximum atomic E-state index is 10.6. The fraction of sp³-hybridized carbons (Fsp3) is 0.182. The van der Waals surface area contributed by atoms with Crippen molar-refractivity contribution in [2.75, 3.05) is 0 Å². The summed E-state index contributed by atoms with van der Waals surface area (Å²) in [5, 5.41) is 9.61. The Morgan fingerprint density at radius 2 is 2.20 bits per heavy atom. The van der Waals surface area contributed by atoms with Crippen molar-refractivity contribution in [2.24, 2.45) is 5.73 Å². The Kier molecular flexibility index (Phi) is 2.43. The molecule has 0 amide bonds. The molecule has 78 valence electrons. The van der Waals surface area contributed by atoms with Gasteiger partial charge in [-0.3, -0.25) is 4.79 Å². The number of para-hydroxylation sites is 1. The first-order chi connectivity index (χ1) is 7.16. The van der Waals surface area contributed by atoms with E-state index in [0.29, 0.717) is 5.76 Å². The van der Waals surface area contributed by atoms with Gasteiger partial charge in [0, 0.05) is 11.8 Å². The summed E-state index contributed by atoms with van der Waals surface area (Å²) >= 11 is 0. The van der Waals surface area contributed by atoms with Crippen molar-refractivity contribution in [3.63, 3.8) is 0 Å². The van der Waals surface area contributed by atoms with Crippen molar-refractivity contribution < 1.29 is 14.3 Å². The Morgan fingerprint density at radius 3 is 2.87 bits per heavy atom. The van der Waals surface area contributed by atoms with Gasteiger partial charge in [0.2, 0.25) is 0 Å². The zero-order chi connectivity index (χ0) is 10.8. The molecule has 0 spiro atoms. The normalized spacial score (nSPS) is 12.9. The van der Waals surface area contributed by atoms with Gasteiger partial charge in [-0.05, 0) is 12.1 Å². The summed E-state index contributed by atoms with van der Waals surface area (Å²) in [6.45, 7) is 0. The van der Waals surface area contributed by atoms with Gasteiger partial charge in [-0.2, -0.15) is 0 Å². The monoisotopic (exact) mass is 205 g/mol. The first kappa shape index (κ1) is 9.73. The molecule has 1 atom stereocenters. The van der Waals surface area contributed by atoms with Gasteiger partial charge in [0.25, 0.3) is 0 Å². The van der Waals surface area contributed by atoms with Crippen LogP contribution in [-0.2, 0) is 11.2 Å². The van der Waals surface area contributed by atoms with E-state index in [1.165, 1.54) is 0 Å². The molecule has 0 saturated heterocycles. The van der Waals surface area contributed by atoms with E-state index in [0.717, 1.165) is 11.0 Å². The Balaban J connectivity index is 2.26. The molecule has 0 unspecified atom stereocenters. The molecular weight excluding hydrogens is 194 g/mol. The minimum Gasteiger partial charge on any atom is -0.480 e. The van der Waals surface area contributed by atoms with Crippen LogP contribution in [0.25, 0.3) is 11.0 Å². The van der Waals surface area contributed by atoms with E-state index in [1.54, 1.807) is 0 Å². The van der Waals surface area contributed by atoms with Crippen molar-refractivity contribution >= 4 is 16.9 Å². The van der Waals surface area contributed by atoms with Gasteiger partial charge in [0.05, 0.1) is 0 Å². The predicted molar refractivity (Wildman–Crippen MR) is 55.5 cm³/mol. The molecule has 15 heavy (non-hydrogen) atoms. The molecule has 0 aliphatic rings. The van der Waals surface area contributed by atoms with Gasteiger partial charge in [-0.1, -0.05) is 18.2 Å². The van der Waals surface area contributed by atoms with Gasteiger partial charge in [-0.25, -0.2) is 0 Å². The van der Waals surface area contributed by atoms with E-state index in [1.807, 2.05) is 30.3 Å². The summed E-state index contributed by atoms with van der Waals surface area (Å²) in [4.78, 5) is 10.6. The van der Waals surface area contributed by atoms with E-state index in [4.69, 9.17) is 15.3 Å². The number of carboxylic acid groups (broad SMARTS) is 1. The van der Waals surface area contributed by atoms with E-state index >= 15 is 0 Å². The fourth-order valence-corrected chi connectivity index (χ4v) is 1.44. The molecule has 0 aliphatic heterocycles. The van der Waals surface area contributed by atoms with Gasteiger partial charge in [-0.15, -0.1) is 0 Å². The molecule has 1 heterocycles. The van der Waals surface area contributed by atoms with Crippen LogP contribution in [0.3, 0.4) is 0 Å². The van der Waals surface area contributed by atoms with Crippen LogP contribution < -0.4 is 5.73 Å². The van der Waals surface area contributed by atoms with Gasteiger partial charge in [0.1, 0.15) is 17.4 Å². The highest BCUT2D eigenvalue weighted by atomic mass is 16.4. The molecule has 3 N–H and O–H groups in total. The molecule has 0 radical (unpaired) electrons. The quantitative estimate of drug-likeness (QED) is 0.793. The van der Waals surface area contributed by atoms with E-state index in [-0.39, 0.29) is 6.42 Å². The summed E-state index contributed by atoms with van der Waals surface area (Å²) in [6.07, 6.45) is 0.212. The third kappa shape index (κ3) is 1.99. The lowest BCUT2D eigenvalue weighted by Crippen LogP contribution is -2.32. The minimum absolute atomic E-state index is 0.212. The molecule has 2 rings (SSSR count). The Morgan fingerprint density at radius 1 is 1.47 bits per heavy atom. The number of hydrogen-bond donors (Lipinski definition) is 2. The van der Waals surface area contributed by atoms with Crippen LogP contribution in [0.2, 0.25) is 0 Å². The Labute approximate surface area is 86.3 Å². The van der Waals surface area contributed by atoms with Gasteiger partial charge < -0.3 is 15.3 Å². The lowest BCUT2D eigenvalue weighted by molar-refractivity contribution is -0.138. The van der Waals surface area contributed by atoms with Crippen molar-refractivity contribution in [1.29, 1.82) is 0 Å². The summed E-state index contributed by atoms with van der Waals surface area (Å²) in [6, 6.07) is 8.43. The van der Waals surface area contributed by atoms with Crippen LogP contribution in [0.4, 0.5) is 0 Å². The highest BCUT2D eigenvalue weighted by molar-refractivity contribution is 5.78. The molecule has 0 fully saturated rings. The highest BCUT2D eigenvalue weighted by Crippen LogP contribution is 2.19. The zero-order valence-electron chi connectivity index (χ0n) is 8.01. The molecule has 1 aromatic carbocycles. The third-order valence-corrected chi connectivity index (χ3v) is 2.21. The average Bonchev–Trinajstić information content (AvgIpc) is 2.59. The summed E-state index contributed by atoms with van der Waals surface area (Å²) in [5.41, 5.74) is 6.17. The van der Waals surface area contributed by atoms with E-state index in [9.17, 15) is 4.79 Å².